The van der Waals surface area contributed by atoms with Gasteiger partial charge >= 0.3 is 0 Å². The zero-order chi connectivity index (χ0) is 11.0. The van der Waals surface area contributed by atoms with Crippen LogP contribution in [0.15, 0.2) is 18.3 Å². The lowest BCUT2D eigenvalue weighted by Gasteiger charge is -2.12. The van der Waals surface area contributed by atoms with E-state index in [0.29, 0.717) is 6.61 Å². The second-order valence-corrected chi connectivity index (χ2v) is 3.70. The van der Waals surface area contributed by atoms with Crippen LogP contribution in [0.5, 0.6) is 0 Å². The average molecular weight is 219 g/mol. The van der Waals surface area contributed by atoms with E-state index in [1.165, 1.54) is 12.3 Å². The minimum Gasteiger partial charge on any atom is -0.376 e. The smallest absolute Gasteiger partial charge is 0.212 e. The molecule has 1 N–H and O–H groups in total. The SMILES string of the molecule is Fc1ccc(-c2n[nH]c3c2COCC3)cn1. The Kier molecular flexibility index (Phi) is 2.18. The first-order valence-electron chi connectivity index (χ1n) is 5.10. The van der Waals surface area contributed by atoms with Crippen molar-refractivity contribution in [3.8, 4) is 11.3 Å². The van der Waals surface area contributed by atoms with Crippen LogP contribution in [0.25, 0.3) is 11.3 Å². The molecule has 0 saturated heterocycles. The summed E-state index contributed by atoms with van der Waals surface area (Å²) in [6, 6.07) is 3.01. The molecule has 0 bridgehead atoms. The van der Waals surface area contributed by atoms with Crippen LogP contribution in [0.4, 0.5) is 4.39 Å². The maximum absolute atomic E-state index is 12.7. The fourth-order valence-electron chi connectivity index (χ4n) is 1.87. The summed E-state index contributed by atoms with van der Waals surface area (Å²) in [4.78, 5) is 3.62. The van der Waals surface area contributed by atoms with Crippen LogP contribution in [0.3, 0.4) is 0 Å². The number of aromatic amines is 1. The fourth-order valence-corrected chi connectivity index (χ4v) is 1.87. The van der Waals surface area contributed by atoms with Crippen LogP contribution >= 0.6 is 0 Å². The van der Waals surface area contributed by atoms with Crippen molar-refractivity contribution in [3.05, 3.63) is 35.5 Å². The molecule has 4 nitrogen and oxygen atoms in total. The Morgan fingerprint density at radius 3 is 3.12 bits per heavy atom. The fraction of sp³-hybridized carbons (Fsp3) is 0.273. The Morgan fingerprint density at radius 1 is 1.38 bits per heavy atom. The Balaban J connectivity index is 2.06. The number of ether oxygens (including phenoxy) is 1. The summed E-state index contributed by atoms with van der Waals surface area (Å²) in [5, 5.41) is 7.22. The molecule has 0 fully saturated rings. The normalized spacial score (nSPS) is 14.8. The van der Waals surface area contributed by atoms with Gasteiger partial charge in [-0.05, 0) is 12.1 Å². The molecular formula is C11H10FN3O. The average Bonchev–Trinajstić information content (AvgIpc) is 2.74. The molecule has 16 heavy (non-hydrogen) atoms. The molecule has 2 aromatic heterocycles. The van der Waals surface area contributed by atoms with Gasteiger partial charge in [-0.2, -0.15) is 9.49 Å². The van der Waals surface area contributed by atoms with Crippen molar-refractivity contribution in [3.63, 3.8) is 0 Å². The molecule has 0 saturated carbocycles. The Bertz CT molecular complexity index is 506. The molecule has 1 aliphatic heterocycles. The summed E-state index contributed by atoms with van der Waals surface area (Å²) < 4.78 is 18.1. The maximum Gasteiger partial charge on any atom is 0.212 e. The van der Waals surface area contributed by atoms with E-state index in [2.05, 4.69) is 15.2 Å². The lowest BCUT2D eigenvalue weighted by molar-refractivity contribution is 0.110. The number of hydrogen-bond acceptors (Lipinski definition) is 3. The molecule has 0 atom stereocenters. The van der Waals surface area contributed by atoms with Crippen LogP contribution in [0, 0.1) is 5.95 Å². The number of H-pyrrole nitrogens is 1. The van der Waals surface area contributed by atoms with Crippen LogP contribution in [-0.2, 0) is 17.8 Å². The highest BCUT2D eigenvalue weighted by Crippen LogP contribution is 2.26. The van der Waals surface area contributed by atoms with Crippen molar-refractivity contribution in [1.82, 2.24) is 15.2 Å². The highest BCUT2D eigenvalue weighted by molar-refractivity contribution is 5.63. The molecule has 3 rings (SSSR count). The molecular weight excluding hydrogens is 209 g/mol. The molecule has 0 aliphatic carbocycles. The molecule has 5 heteroatoms. The molecule has 3 heterocycles. The largest absolute Gasteiger partial charge is 0.376 e. The number of fused-ring (bicyclic) bond motifs is 1. The Hall–Kier alpha value is -1.75. The first kappa shape index (κ1) is 9.47. The van der Waals surface area contributed by atoms with E-state index in [4.69, 9.17) is 4.74 Å². The molecule has 0 aromatic carbocycles. The number of nitrogens with one attached hydrogen (secondary N) is 1. The van der Waals surface area contributed by atoms with Crippen molar-refractivity contribution >= 4 is 0 Å². The summed E-state index contributed by atoms with van der Waals surface area (Å²) in [5.41, 5.74) is 3.77. The predicted octanol–water partition coefficient (Wildman–Crippen LogP) is 1.68. The van der Waals surface area contributed by atoms with E-state index in [1.807, 2.05) is 0 Å². The van der Waals surface area contributed by atoms with Gasteiger partial charge in [0.1, 0.15) is 0 Å². The van der Waals surface area contributed by atoms with Gasteiger partial charge in [-0.1, -0.05) is 0 Å². The van der Waals surface area contributed by atoms with E-state index >= 15 is 0 Å². The number of pyridine rings is 1. The Labute approximate surface area is 91.5 Å². The zero-order valence-electron chi connectivity index (χ0n) is 8.53. The summed E-state index contributed by atoms with van der Waals surface area (Å²) in [6.45, 7) is 1.27. The van der Waals surface area contributed by atoms with Crippen LogP contribution in [-0.4, -0.2) is 21.8 Å². The number of halogens is 1. The van der Waals surface area contributed by atoms with Gasteiger partial charge < -0.3 is 4.74 Å². The van der Waals surface area contributed by atoms with Gasteiger partial charge in [-0.25, -0.2) is 4.98 Å². The molecule has 0 spiro atoms. The van der Waals surface area contributed by atoms with E-state index in [0.717, 1.165) is 35.5 Å². The third-order valence-corrected chi connectivity index (χ3v) is 2.70. The van der Waals surface area contributed by atoms with Crippen molar-refractivity contribution in [2.24, 2.45) is 0 Å². The molecule has 0 unspecified atom stereocenters. The quantitative estimate of drug-likeness (QED) is 0.742. The predicted molar refractivity (Wildman–Crippen MR) is 55.1 cm³/mol. The number of hydrogen-bond donors (Lipinski definition) is 1. The minimum absolute atomic E-state index is 0.482. The van der Waals surface area contributed by atoms with Crippen molar-refractivity contribution in [2.45, 2.75) is 13.0 Å². The van der Waals surface area contributed by atoms with E-state index in [1.54, 1.807) is 6.07 Å². The summed E-state index contributed by atoms with van der Waals surface area (Å²) in [7, 11) is 0. The summed E-state index contributed by atoms with van der Waals surface area (Å²) in [6.07, 6.45) is 2.33. The lowest BCUT2D eigenvalue weighted by Crippen LogP contribution is -2.08. The monoisotopic (exact) mass is 219 g/mol. The lowest BCUT2D eigenvalue weighted by atomic mass is 10.1. The van der Waals surface area contributed by atoms with Crippen LogP contribution in [0.2, 0.25) is 0 Å². The number of aromatic nitrogens is 3. The number of rotatable bonds is 1. The van der Waals surface area contributed by atoms with Crippen molar-refractivity contribution in [2.75, 3.05) is 6.61 Å². The third-order valence-electron chi connectivity index (χ3n) is 2.70. The van der Waals surface area contributed by atoms with Gasteiger partial charge in [-0.15, -0.1) is 0 Å². The van der Waals surface area contributed by atoms with Gasteiger partial charge in [0, 0.05) is 29.4 Å². The van der Waals surface area contributed by atoms with Crippen molar-refractivity contribution < 1.29 is 9.13 Å². The van der Waals surface area contributed by atoms with Crippen molar-refractivity contribution in [1.29, 1.82) is 0 Å². The van der Waals surface area contributed by atoms with Crippen LogP contribution in [0.1, 0.15) is 11.3 Å². The first-order chi connectivity index (χ1) is 7.84. The van der Waals surface area contributed by atoms with Crippen LogP contribution < -0.4 is 0 Å². The molecule has 0 radical (unpaired) electrons. The highest BCUT2D eigenvalue weighted by Gasteiger charge is 2.18. The Morgan fingerprint density at radius 2 is 2.31 bits per heavy atom. The van der Waals surface area contributed by atoms with E-state index in [9.17, 15) is 4.39 Å². The van der Waals surface area contributed by atoms with Gasteiger partial charge in [0.2, 0.25) is 5.95 Å². The van der Waals surface area contributed by atoms with Gasteiger partial charge in [0.25, 0.3) is 0 Å². The first-order valence-corrected chi connectivity index (χ1v) is 5.10. The molecule has 0 amide bonds. The third kappa shape index (κ3) is 1.49. The minimum atomic E-state index is -0.482. The number of nitrogens with zero attached hydrogens (tertiary/aromatic N) is 2. The summed E-state index contributed by atoms with van der Waals surface area (Å²) >= 11 is 0. The standard InChI is InChI=1S/C11H10FN3O/c12-10-2-1-7(5-13-10)11-8-6-16-4-3-9(8)14-15-11/h1-2,5H,3-4,6H2,(H,14,15). The van der Waals surface area contributed by atoms with E-state index in [-0.39, 0.29) is 0 Å². The summed E-state index contributed by atoms with van der Waals surface area (Å²) in [5.74, 6) is -0.482. The second-order valence-electron chi connectivity index (χ2n) is 3.70. The highest BCUT2D eigenvalue weighted by atomic mass is 19.1. The molecule has 1 aliphatic rings. The van der Waals surface area contributed by atoms with Gasteiger partial charge in [-0.3, -0.25) is 5.10 Å². The second kappa shape index (κ2) is 3.68. The van der Waals surface area contributed by atoms with Gasteiger partial charge in [0.05, 0.1) is 18.9 Å². The maximum atomic E-state index is 12.7. The molecule has 82 valence electrons. The molecule has 2 aromatic rings. The topological polar surface area (TPSA) is 50.8 Å². The van der Waals surface area contributed by atoms with E-state index < -0.39 is 5.95 Å². The zero-order valence-corrected chi connectivity index (χ0v) is 8.53. The van der Waals surface area contributed by atoms with Gasteiger partial charge in [0.15, 0.2) is 0 Å².